The molecule has 0 fully saturated rings. The van der Waals surface area contributed by atoms with Gasteiger partial charge in [0.2, 0.25) is 0 Å². The summed E-state index contributed by atoms with van der Waals surface area (Å²) in [6, 6.07) is 4.52. The van der Waals surface area contributed by atoms with Crippen LogP contribution in [-0.2, 0) is 5.41 Å². The average molecular weight is 205 g/mol. The molecule has 0 radical (unpaired) electrons. The van der Waals surface area contributed by atoms with Crippen molar-refractivity contribution in [2.24, 2.45) is 0 Å². The fraction of sp³-hybridized carbons (Fsp3) is 0.417. The van der Waals surface area contributed by atoms with Crippen molar-refractivity contribution >= 4 is 21.6 Å². The summed E-state index contributed by atoms with van der Waals surface area (Å²) in [6.07, 6.45) is 0. The Morgan fingerprint density at radius 1 is 1.21 bits per heavy atom. The maximum absolute atomic E-state index is 4.36. The number of aromatic nitrogens is 1. The van der Waals surface area contributed by atoms with Crippen molar-refractivity contribution in [2.45, 2.75) is 33.1 Å². The molecule has 0 aliphatic carbocycles. The molecule has 0 amide bonds. The lowest BCUT2D eigenvalue weighted by Crippen LogP contribution is -2.10. The Morgan fingerprint density at radius 2 is 1.93 bits per heavy atom. The van der Waals surface area contributed by atoms with Gasteiger partial charge < -0.3 is 0 Å². The van der Waals surface area contributed by atoms with Crippen molar-refractivity contribution in [3.8, 4) is 0 Å². The second-order valence-corrected chi connectivity index (χ2v) is 5.63. The first-order valence-electron chi connectivity index (χ1n) is 4.83. The summed E-state index contributed by atoms with van der Waals surface area (Å²) < 4.78 is 1.30. The van der Waals surface area contributed by atoms with Crippen LogP contribution in [0, 0.1) is 6.92 Å². The van der Waals surface area contributed by atoms with E-state index < -0.39 is 0 Å². The molecule has 74 valence electrons. The van der Waals surface area contributed by atoms with Crippen LogP contribution in [0.15, 0.2) is 17.6 Å². The molecule has 1 aromatic heterocycles. The predicted octanol–water partition coefficient (Wildman–Crippen LogP) is 3.90. The zero-order valence-corrected chi connectivity index (χ0v) is 9.90. The summed E-state index contributed by atoms with van der Waals surface area (Å²) in [6.45, 7) is 8.87. The van der Waals surface area contributed by atoms with E-state index in [4.69, 9.17) is 0 Å². The monoisotopic (exact) mass is 205 g/mol. The zero-order chi connectivity index (χ0) is 10.3. The Hall–Kier alpha value is -0.890. The normalized spacial score (nSPS) is 12.3. The third kappa shape index (κ3) is 1.55. The lowest BCUT2D eigenvalue weighted by atomic mass is 9.86. The fourth-order valence-corrected chi connectivity index (χ4v) is 2.36. The minimum atomic E-state index is 0.225. The number of aryl methyl sites for hydroxylation is 1. The van der Waals surface area contributed by atoms with E-state index >= 15 is 0 Å². The summed E-state index contributed by atoms with van der Waals surface area (Å²) in [5.74, 6) is 0. The third-order valence-corrected chi connectivity index (χ3v) is 3.27. The Bertz CT molecular complexity index is 463. The molecule has 0 N–H and O–H groups in total. The fourth-order valence-electron chi connectivity index (χ4n) is 1.57. The topological polar surface area (TPSA) is 12.9 Å². The van der Waals surface area contributed by atoms with Crippen LogP contribution >= 0.6 is 11.3 Å². The summed E-state index contributed by atoms with van der Waals surface area (Å²) in [4.78, 5) is 4.36. The second kappa shape index (κ2) is 3.06. The Morgan fingerprint density at radius 3 is 2.57 bits per heavy atom. The van der Waals surface area contributed by atoms with Gasteiger partial charge in [-0.1, -0.05) is 26.8 Å². The van der Waals surface area contributed by atoms with Gasteiger partial charge in [0, 0.05) is 0 Å². The smallest absolute Gasteiger partial charge is 0.0841 e. The van der Waals surface area contributed by atoms with Crippen LogP contribution in [0.5, 0.6) is 0 Å². The maximum Gasteiger partial charge on any atom is 0.0841 e. The van der Waals surface area contributed by atoms with E-state index in [9.17, 15) is 0 Å². The Balaban J connectivity index is 2.70. The number of rotatable bonds is 0. The van der Waals surface area contributed by atoms with Crippen LogP contribution in [0.2, 0.25) is 0 Å². The van der Waals surface area contributed by atoms with Crippen molar-refractivity contribution < 1.29 is 0 Å². The van der Waals surface area contributed by atoms with Gasteiger partial charge in [0.25, 0.3) is 0 Å². The minimum Gasteiger partial charge on any atom is -0.244 e. The van der Waals surface area contributed by atoms with E-state index in [1.54, 1.807) is 11.3 Å². The molecule has 2 heteroatoms. The number of fused-ring (bicyclic) bond motifs is 1. The Kier molecular flexibility index (Phi) is 2.11. The van der Waals surface area contributed by atoms with Gasteiger partial charge in [-0.25, -0.2) is 4.98 Å². The summed E-state index contributed by atoms with van der Waals surface area (Å²) in [5.41, 5.74) is 5.98. The molecule has 0 saturated heterocycles. The lowest BCUT2D eigenvalue weighted by molar-refractivity contribution is 0.590. The molecule has 0 spiro atoms. The van der Waals surface area contributed by atoms with E-state index in [0.717, 1.165) is 5.52 Å². The minimum absolute atomic E-state index is 0.225. The van der Waals surface area contributed by atoms with Crippen molar-refractivity contribution in [2.75, 3.05) is 0 Å². The quantitative estimate of drug-likeness (QED) is 0.635. The molecule has 2 aromatic rings. The molecule has 1 heterocycles. The first kappa shape index (κ1) is 9.66. The van der Waals surface area contributed by atoms with E-state index in [-0.39, 0.29) is 5.41 Å². The molecule has 0 aliphatic rings. The van der Waals surface area contributed by atoms with Crippen LogP contribution in [0.3, 0.4) is 0 Å². The summed E-state index contributed by atoms with van der Waals surface area (Å²) >= 11 is 1.72. The SMILES string of the molecule is Cc1cc(C(C)(C)C)cc2scnc12. The van der Waals surface area contributed by atoms with Gasteiger partial charge in [-0.05, 0) is 29.5 Å². The predicted molar refractivity (Wildman–Crippen MR) is 63.1 cm³/mol. The molecule has 0 bridgehead atoms. The lowest BCUT2D eigenvalue weighted by Gasteiger charge is -2.19. The van der Waals surface area contributed by atoms with Gasteiger partial charge in [0.05, 0.1) is 15.7 Å². The molecule has 0 unspecified atom stereocenters. The molecule has 0 atom stereocenters. The maximum atomic E-state index is 4.36. The highest BCUT2D eigenvalue weighted by molar-refractivity contribution is 7.16. The Labute approximate surface area is 88.8 Å². The van der Waals surface area contributed by atoms with Crippen molar-refractivity contribution in [1.82, 2.24) is 4.98 Å². The highest BCUT2D eigenvalue weighted by atomic mass is 32.1. The standard InChI is InChI=1S/C12H15NS/c1-8-5-9(12(2,3)4)6-10-11(8)13-7-14-10/h5-7H,1-4H3. The summed E-state index contributed by atoms with van der Waals surface area (Å²) in [7, 11) is 0. The largest absolute Gasteiger partial charge is 0.244 e. The molecule has 1 aromatic carbocycles. The molecule has 14 heavy (non-hydrogen) atoms. The first-order valence-corrected chi connectivity index (χ1v) is 5.71. The number of thiazole rings is 1. The van der Waals surface area contributed by atoms with E-state index in [1.807, 2.05) is 5.51 Å². The molecule has 1 nitrogen and oxygen atoms in total. The average Bonchev–Trinajstić information content (AvgIpc) is 2.50. The molecule has 0 aliphatic heterocycles. The zero-order valence-electron chi connectivity index (χ0n) is 9.09. The first-order chi connectivity index (χ1) is 6.48. The van der Waals surface area contributed by atoms with Gasteiger partial charge in [0.15, 0.2) is 0 Å². The molecular formula is C12H15NS. The number of hydrogen-bond acceptors (Lipinski definition) is 2. The van der Waals surface area contributed by atoms with Gasteiger partial charge in [-0.2, -0.15) is 0 Å². The van der Waals surface area contributed by atoms with Crippen LogP contribution in [0.1, 0.15) is 31.9 Å². The van der Waals surface area contributed by atoms with Gasteiger partial charge >= 0.3 is 0 Å². The van der Waals surface area contributed by atoms with Crippen LogP contribution in [0.25, 0.3) is 10.2 Å². The summed E-state index contributed by atoms with van der Waals surface area (Å²) in [5, 5.41) is 0. The number of nitrogens with zero attached hydrogens (tertiary/aromatic N) is 1. The van der Waals surface area contributed by atoms with Crippen LogP contribution in [-0.4, -0.2) is 4.98 Å². The third-order valence-electron chi connectivity index (χ3n) is 2.49. The van der Waals surface area contributed by atoms with Gasteiger partial charge in [0.1, 0.15) is 0 Å². The second-order valence-electron chi connectivity index (χ2n) is 4.74. The van der Waals surface area contributed by atoms with Gasteiger partial charge in [-0.3, -0.25) is 0 Å². The highest BCUT2D eigenvalue weighted by Crippen LogP contribution is 2.29. The van der Waals surface area contributed by atoms with Crippen molar-refractivity contribution in [3.05, 3.63) is 28.8 Å². The van der Waals surface area contributed by atoms with Crippen LogP contribution < -0.4 is 0 Å². The van der Waals surface area contributed by atoms with Gasteiger partial charge in [-0.15, -0.1) is 11.3 Å². The molecule has 2 rings (SSSR count). The number of benzene rings is 1. The molecular weight excluding hydrogens is 190 g/mol. The van der Waals surface area contributed by atoms with E-state index in [1.165, 1.54) is 15.8 Å². The van der Waals surface area contributed by atoms with E-state index in [0.29, 0.717) is 0 Å². The molecule has 0 saturated carbocycles. The van der Waals surface area contributed by atoms with E-state index in [2.05, 4.69) is 44.8 Å². The van der Waals surface area contributed by atoms with Crippen molar-refractivity contribution in [3.63, 3.8) is 0 Å². The number of hydrogen-bond donors (Lipinski definition) is 0. The van der Waals surface area contributed by atoms with Crippen molar-refractivity contribution in [1.29, 1.82) is 0 Å². The highest BCUT2D eigenvalue weighted by Gasteiger charge is 2.15. The van der Waals surface area contributed by atoms with Crippen LogP contribution in [0.4, 0.5) is 0 Å².